The summed E-state index contributed by atoms with van der Waals surface area (Å²) in [7, 11) is 4.46. The summed E-state index contributed by atoms with van der Waals surface area (Å²) < 4.78 is 21.6. The van der Waals surface area contributed by atoms with Crippen LogP contribution in [0.5, 0.6) is 23.0 Å². The summed E-state index contributed by atoms with van der Waals surface area (Å²) in [5, 5.41) is 5.65. The SMILES string of the molecule is COc1cc(C(=O)Nc2ccc3c(c2)NC(=O)C(C)(C)CO3)cc(OC)c1OC. The first-order valence-electron chi connectivity index (χ1n) is 8.98. The van der Waals surface area contributed by atoms with Crippen LogP contribution in [0.3, 0.4) is 0 Å². The van der Waals surface area contributed by atoms with Crippen LogP contribution < -0.4 is 29.6 Å². The molecule has 2 N–H and O–H groups in total. The van der Waals surface area contributed by atoms with Crippen LogP contribution in [0.25, 0.3) is 0 Å². The van der Waals surface area contributed by atoms with Crippen molar-refractivity contribution >= 4 is 23.2 Å². The molecule has 2 aromatic carbocycles. The van der Waals surface area contributed by atoms with Crippen molar-refractivity contribution in [3.8, 4) is 23.0 Å². The van der Waals surface area contributed by atoms with Crippen molar-refractivity contribution in [3.63, 3.8) is 0 Å². The summed E-state index contributed by atoms with van der Waals surface area (Å²) in [6, 6.07) is 8.20. The normalized spacial score (nSPS) is 14.6. The van der Waals surface area contributed by atoms with Gasteiger partial charge in [0.05, 0.1) is 32.4 Å². The van der Waals surface area contributed by atoms with E-state index < -0.39 is 5.41 Å². The lowest BCUT2D eigenvalue weighted by atomic mass is 9.94. The Morgan fingerprint density at radius 2 is 1.72 bits per heavy atom. The number of methoxy groups -OCH3 is 3. The molecule has 2 aromatic rings. The molecule has 0 aliphatic carbocycles. The number of hydrogen-bond acceptors (Lipinski definition) is 6. The molecule has 1 heterocycles. The fourth-order valence-electron chi connectivity index (χ4n) is 2.86. The quantitative estimate of drug-likeness (QED) is 0.800. The molecule has 0 fully saturated rings. The Bertz CT molecular complexity index is 929. The van der Waals surface area contributed by atoms with Crippen molar-refractivity contribution in [1.29, 1.82) is 0 Å². The summed E-state index contributed by atoms with van der Waals surface area (Å²) in [6.07, 6.45) is 0. The van der Waals surface area contributed by atoms with Crippen LogP contribution in [0.1, 0.15) is 24.2 Å². The number of nitrogens with one attached hydrogen (secondary N) is 2. The van der Waals surface area contributed by atoms with Crippen molar-refractivity contribution in [1.82, 2.24) is 0 Å². The predicted octanol–water partition coefficient (Wildman–Crippen LogP) is 3.32. The van der Waals surface area contributed by atoms with Crippen LogP contribution in [0, 0.1) is 5.41 Å². The second-order valence-corrected chi connectivity index (χ2v) is 7.21. The minimum absolute atomic E-state index is 0.149. The van der Waals surface area contributed by atoms with E-state index in [1.807, 2.05) is 0 Å². The van der Waals surface area contributed by atoms with Gasteiger partial charge in [-0.15, -0.1) is 0 Å². The van der Waals surface area contributed by atoms with Gasteiger partial charge in [-0.25, -0.2) is 0 Å². The molecule has 8 heteroatoms. The lowest BCUT2D eigenvalue weighted by Crippen LogP contribution is -2.33. The van der Waals surface area contributed by atoms with Crippen molar-refractivity contribution in [3.05, 3.63) is 35.9 Å². The van der Waals surface area contributed by atoms with E-state index in [9.17, 15) is 9.59 Å². The van der Waals surface area contributed by atoms with Crippen molar-refractivity contribution in [2.75, 3.05) is 38.6 Å². The third kappa shape index (κ3) is 4.06. The van der Waals surface area contributed by atoms with E-state index in [-0.39, 0.29) is 18.4 Å². The Morgan fingerprint density at radius 1 is 1.07 bits per heavy atom. The molecule has 2 amide bonds. The zero-order valence-electron chi connectivity index (χ0n) is 17.0. The first kappa shape index (κ1) is 20.3. The fourth-order valence-corrected chi connectivity index (χ4v) is 2.86. The molecular weight excluding hydrogens is 376 g/mol. The monoisotopic (exact) mass is 400 g/mol. The number of hydrogen-bond donors (Lipinski definition) is 2. The van der Waals surface area contributed by atoms with Gasteiger partial charge < -0.3 is 29.6 Å². The first-order valence-corrected chi connectivity index (χ1v) is 8.98. The first-order chi connectivity index (χ1) is 13.8. The summed E-state index contributed by atoms with van der Waals surface area (Å²) in [6.45, 7) is 3.88. The molecule has 1 aliphatic rings. The van der Waals surface area contributed by atoms with Crippen LogP contribution in [0.2, 0.25) is 0 Å². The van der Waals surface area contributed by atoms with Gasteiger partial charge >= 0.3 is 0 Å². The van der Waals surface area contributed by atoms with Gasteiger partial charge in [-0.2, -0.15) is 0 Å². The van der Waals surface area contributed by atoms with Gasteiger partial charge in [0.1, 0.15) is 12.4 Å². The lowest BCUT2D eigenvalue weighted by Gasteiger charge is -2.18. The zero-order chi connectivity index (χ0) is 21.2. The maximum absolute atomic E-state index is 12.8. The molecule has 0 saturated heterocycles. The Labute approximate surface area is 169 Å². The number of carbonyl (C=O) groups is 2. The number of ether oxygens (including phenoxy) is 4. The predicted molar refractivity (Wildman–Crippen MR) is 108 cm³/mol. The Morgan fingerprint density at radius 3 is 2.31 bits per heavy atom. The van der Waals surface area contributed by atoms with Crippen LogP contribution in [0.4, 0.5) is 11.4 Å². The summed E-state index contributed by atoms with van der Waals surface area (Å²) in [5.74, 6) is 1.19. The van der Waals surface area contributed by atoms with Crippen molar-refractivity contribution < 1.29 is 28.5 Å². The largest absolute Gasteiger partial charge is 0.493 e. The Balaban J connectivity index is 1.86. The van der Waals surface area contributed by atoms with Gasteiger partial charge in [0, 0.05) is 11.3 Å². The molecule has 0 aromatic heterocycles. The third-order valence-electron chi connectivity index (χ3n) is 4.62. The number of benzene rings is 2. The molecule has 0 radical (unpaired) electrons. The number of amides is 2. The molecule has 0 saturated carbocycles. The zero-order valence-corrected chi connectivity index (χ0v) is 17.0. The highest BCUT2D eigenvalue weighted by molar-refractivity contribution is 6.06. The van der Waals surface area contributed by atoms with Gasteiger partial charge in [-0.05, 0) is 44.2 Å². The topological polar surface area (TPSA) is 95.1 Å². The van der Waals surface area contributed by atoms with E-state index in [1.54, 1.807) is 44.2 Å². The average Bonchev–Trinajstić information content (AvgIpc) is 2.82. The van der Waals surface area contributed by atoms with Crippen molar-refractivity contribution in [2.45, 2.75) is 13.8 Å². The van der Waals surface area contributed by atoms with E-state index in [2.05, 4.69) is 10.6 Å². The Kier molecular flexibility index (Phi) is 5.54. The molecule has 0 bridgehead atoms. The summed E-state index contributed by atoms with van der Waals surface area (Å²) in [5.41, 5.74) is 0.684. The molecule has 0 spiro atoms. The van der Waals surface area contributed by atoms with E-state index in [1.165, 1.54) is 21.3 Å². The summed E-state index contributed by atoms with van der Waals surface area (Å²) >= 11 is 0. The van der Waals surface area contributed by atoms with Crippen LogP contribution in [-0.2, 0) is 4.79 Å². The number of carbonyl (C=O) groups excluding carboxylic acids is 2. The van der Waals surface area contributed by atoms with Crippen LogP contribution >= 0.6 is 0 Å². The van der Waals surface area contributed by atoms with Gasteiger partial charge in [-0.1, -0.05) is 0 Å². The fraction of sp³-hybridized carbons (Fsp3) is 0.333. The van der Waals surface area contributed by atoms with Gasteiger partial charge in [0.15, 0.2) is 11.5 Å². The van der Waals surface area contributed by atoms with Gasteiger partial charge in [0.2, 0.25) is 11.7 Å². The van der Waals surface area contributed by atoms with E-state index in [4.69, 9.17) is 18.9 Å². The standard InChI is InChI=1S/C21H24N2O6/c1-21(2)11-29-15-7-6-13(10-14(15)23-20(21)25)22-19(24)12-8-16(26-3)18(28-5)17(9-12)27-4/h6-10H,11H2,1-5H3,(H,22,24)(H,23,25). The van der Waals surface area contributed by atoms with E-state index >= 15 is 0 Å². The molecule has 154 valence electrons. The maximum Gasteiger partial charge on any atom is 0.255 e. The average molecular weight is 400 g/mol. The Hall–Kier alpha value is -3.42. The highest BCUT2D eigenvalue weighted by Crippen LogP contribution is 2.39. The molecule has 0 unspecified atom stereocenters. The molecule has 29 heavy (non-hydrogen) atoms. The summed E-state index contributed by atoms with van der Waals surface area (Å²) in [4.78, 5) is 25.1. The third-order valence-corrected chi connectivity index (χ3v) is 4.62. The number of rotatable bonds is 5. The number of anilines is 2. The van der Waals surface area contributed by atoms with Crippen LogP contribution in [0.15, 0.2) is 30.3 Å². The second kappa shape index (κ2) is 7.90. The highest BCUT2D eigenvalue weighted by atomic mass is 16.5. The van der Waals surface area contributed by atoms with Crippen LogP contribution in [-0.4, -0.2) is 39.8 Å². The van der Waals surface area contributed by atoms with E-state index in [0.29, 0.717) is 39.9 Å². The van der Waals surface area contributed by atoms with E-state index in [0.717, 1.165) is 0 Å². The minimum atomic E-state index is -0.654. The number of fused-ring (bicyclic) bond motifs is 1. The molecule has 0 atom stereocenters. The maximum atomic E-state index is 12.8. The van der Waals surface area contributed by atoms with Gasteiger partial charge in [0.25, 0.3) is 5.91 Å². The minimum Gasteiger partial charge on any atom is -0.493 e. The smallest absolute Gasteiger partial charge is 0.255 e. The van der Waals surface area contributed by atoms with Crippen molar-refractivity contribution in [2.24, 2.45) is 5.41 Å². The molecule has 1 aliphatic heterocycles. The lowest BCUT2D eigenvalue weighted by molar-refractivity contribution is -0.124. The molecular formula is C21H24N2O6. The molecule has 3 rings (SSSR count). The highest BCUT2D eigenvalue weighted by Gasteiger charge is 2.32. The second-order valence-electron chi connectivity index (χ2n) is 7.21. The molecule has 8 nitrogen and oxygen atoms in total. The van der Waals surface area contributed by atoms with Gasteiger partial charge in [-0.3, -0.25) is 9.59 Å².